The van der Waals surface area contributed by atoms with Crippen LogP contribution in [0.25, 0.3) is 0 Å². The van der Waals surface area contributed by atoms with Crippen LogP contribution < -0.4 is 5.32 Å². The van der Waals surface area contributed by atoms with E-state index in [0.717, 1.165) is 17.6 Å². The molecule has 0 aliphatic carbocycles. The lowest BCUT2D eigenvalue weighted by Gasteiger charge is -2.38. The van der Waals surface area contributed by atoms with Gasteiger partial charge in [0.2, 0.25) is 0 Å². The minimum Gasteiger partial charge on any atom is -0.367 e. The van der Waals surface area contributed by atoms with E-state index in [1.165, 1.54) is 0 Å². The highest BCUT2D eigenvalue weighted by Gasteiger charge is 2.32. The number of hydrogen-bond donors (Lipinski definition) is 1. The second-order valence-corrected chi connectivity index (χ2v) is 3.98. The number of halogens is 1. The summed E-state index contributed by atoms with van der Waals surface area (Å²) in [4.78, 5) is 0. The predicted molar refractivity (Wildman–Crippen MR) is 45.3 cm³/mol. The summed E-state index contributed by atoms with van der Waals surface area (Å²) >= 11 is 3.24. The summed E-state index contributed by atoms with van der Waals surface area (Å²) in [6.07, 6.45) is 0. The Hall–Kier alpha value is 0.140. The molecule has 0 aromatic heterocycles. The molecular weight excluding hydrogens is 194 g/mol. The summed E-state index contributed by atoms with van der Waals surface area (Å²) in [5.41, 5.74) is 0.0523. The Morgan fingerprint density at radius 1 is 1.80 bits per heavy atom. The van der Waals surface area contributed by atoms with E-state index in [0.29, 0.717) is 6.61 Å². The van der Waals surface area contributed by atoms with Gasteiger partial charge in [-0.15, -0.1) is 0 Å². The third-order valence-corrected chi connectivity index (χ3v) is 1.80. The maximum atomic E-state index is 5.52. The maximum absolute atomic E-state index is 5.52. The van der Waals surface area contributed by atoms with Crippen molar-refractivity contribution in [3.63, 3.8) is 0 Å². The van der Waals surface area contributed by atoms with Gasteiger partial charge in [0.25, 0.3) is 0 Å². The third-order valence-electron chi connectivity index (χ3n) is 1.58. The molecule has 1 N–H and O–H groups in total. The number of rotatable bonds is 3. The SMILES string of the molecule is C=C(Br)COC1(C)CNC1. The zero-order valence-electron chi connectivity index (χ0n) is 6.11. The van der Waals surface area contributed by atoms with Crippen molar-refractivity contribution in [1.29, 1.82) is 0 Å². The summed E-state index contributed by atoms with van der Waals surface area (Å²) in [6.45, 7) is 8.30. The van der Waals surface area contributed by atoms with Crippen molar-refractivity contribution < 1.29 is 4.74 Å². The van der Waals surface area contributed by atoms with Gasteiger partial charge in [0.05, 0.1) is 12.2 Å². The molecule has 0 bridgehead atoms. The monoisotopic (exact) mass is 205 g/mol. The predicted octanol–water partition coefficient (Wildman–Crippen LogP) is 1.27. The Morgan fingerprint density at radius 2 is 2.40 bits per heavy atom. The smallest absolute Gasteiger partial charge is 0.0906 e. The lowest BCUT2D eigenvalue weighted by molar-refractivity contribution is -0.0541. The molecule has 1 aliphatic heterocycles. The van der Waals surface area contributed by atoms with Gasteiger partial charge in [-0.3, -0.25) is 0 Å². The van der Waals surface area contributed by atoms with Crippen LogP contribution in [0.2, 0.25) is 0 Å². The van der Waals surface area contributed by atoms with Gasteiger partial charge in [0.1, 0.15) is 0 Å². The fraction of sp³-hybridized carbons (Fsp3) is 0.714. The molecule has 3 heteroatoms. The Morgan fingerprint density at radius 3 is 2.70 bits per heavy atom. The molecule has 0 aromatic rings. The molecule has 0 radical (unpaired) electrons. The summed E-state index contributed by atoms with van der Waals surface area (Å²) in [6, 6.07) is 0. The lowest BCUT2D eigenvalue weighted by Crippen LogP contribution is -2.59. The molecule has 0 amide bonds. The van der Waals surface area contributed by atoms with Gasteiger partial charge in [0, 0.05) is 17.6 Å². The zero-order chi connectivity index (χ0) is 7.61. The van der Waals surface area contributed by atoms with Crippen molar-refractivity contribution in [3.05, 3.63) is 11.1 Å². The third kappa shape index (κ3) is 2.08. The van der Waals surface area contributed by atoms with Gasteiger partial charge in [-0.25, -0.2) is 0 Å². The number of hydrogen-bond acceptors (Lipinski definition) is 2. The molecule has 58 valence electrons. The molecule has 1 rings (SSSR count). The minimum atomic E-state index is 0.0523. The van der Waals surface area contributed by atoms with Crippen LogP contribution >= 0.6 is 15.9 Å². The molecule has 1 aliphatic rings. The van der Waals surface area contributed by atoms with E-state index in [-0.39, 0.29) is 5.60 Å². The van der Waals surface area contributed by atoms with Crippen LogP contribution in [0, 0.1) is 0 Å². The molecule has 1 fully saturated rings. The molecule has 1 heterocycles. The summed E-state index contributed by atoms with van der Waals surface area (Å²) in [5, 5.41) is 3.16. The highest BCUT2D eigenvalue weighted by atomic mass is 79.9. The van der Waals surface area contributed by atoms with E-state index in [4.69, 9.17) is 4.74 Å². The van der Waals surface area contributed by atoms with E-state index < -0.39 is 0 Å². The van der Waals surface area contributed by atoms with Crippen LogP contribution in [0.5, 0.6) is 0 Å². The Balaban J connectivity index is 2.18. The van der Waals surface area contributed by atoms with E-state index in [1.54, 1.807) is 0 Å². The molecule has 2 nitrogen and oxygen atoms in total. The van der Waals surface area contributed by atoms with Gasteiger partial charge in [-0.2, -0.15) is 0 Å². The highest BCUT2D eigenvalue weighted by molar-refractivity contribution is 9.11. The van der Waals surface area contributed by atoms with Crippen molar-refractivity contribution in [3.8, 4) is 0 Å². The van der Waals surface area contributed by atoms with Gasteiger partial charge in [-0.1, -0.05) is 22.5 Å². The average Bonchev–Trinajstić information content (AvgIpc) is 1.79. The first-order valence-electron chi connectivity index (χ1n) is 3.30. The first-order chi connectivity index (χ1) is 4.62. The molecule has 0 aromatic carbocycles. The molecule has 0 atom stereocenters. The van der Waals surface area contributed by atoms with Gasteiger partial charge in [-0.05, 0) is 6.92 Å². The number of nitrogens with one attached hydrogen (secondary N) is 1. The van der Waals surface area contributed by atoms with Crippen LogP contribution in [0.3, 0.4) is 0 Å². The Bertz CT molecular complexity index is 143. The van der Waals surface area contributed by atoms with Crippen LogP contribution in [0.4, 0.5) is 0 Å². The van der Waals surface area contributed by atoms with Crippen molar-refractivity contribution in [2.45, 2.75) is 12.5 Å². The maximum Gasteiger partial charge on any atom is 0.0906 e. The average molecular weight is 206 g/mol. The standard InChI is InChI=1S/C7H12BrNO/c1-6(8)3-10-7(2)4-9-5-7/h9H,1,3-5H2,2H3. The first-order valence-corrected chi connectivity index (χ1v) is 4.10. The summed E-state index contributed by atoms with van der Waals surface area (Å²) < 4.78 is 6.42. The molecular formula is C7H12BrNO. The Labute approximate surface area is 69.8 Å². The molecule has 0 saturated carbocycles. The fourth-order valence-corrected chi connectivity index (χ4v) is 0.946. The van der Waals surface area contributed by atoms with Gasteiger partial charge >= 0.3 is 0 Å². The van der Waals surface area contributed by atoms with Crippen LogP contribution in [-0.2, 0) is 4.74 Å². The van der Waals surface area contributed by atoms with Crippen molar-refractivity contribution in [2.24, 2.45) is 0 Å². The summed E-state index contributed by atoms with van der Waals surface area (Å²) in [7, 11) is 0. The second-order valence-electron chi connectivity index (χ2n) is 2.86. The quantitative estimate of drug-likeness (QED) is 0.750. The van der Waals surface area contributed by atoms with E-state index in [9.17, 15) is 0 Å². The highest BCUT2D eigenvalue weighted by Crippen LogP contribution is 2.17. The molecule has 0 unspecified atom stereocenters. The fourth-order valence-electron chi connectivity index (χ4n) is 0.832. The largest absolute Gasteiger partial charge is 0.367 e. The van der Waals surface area contributed by atoms with Gasteiger partial charge < -0.3 is 10.1 Å². The number of ether oxygens (including phenoxy) is 1. The Kier molecular flexibility index (Phi) is 2.50. The topological polar surface area (TPSA) is 21.3 Å². The van der Waals surface area contributed by atoms with E-state index >= 15 is 0 Å². The van der Waals surface area contributed by atoms with Crippen LogP contribution in [-0.4, -0.2) is 25.3 Å². The first kappa shape index (κ1) is 8.24. The van der Waals surface area contributed by atoms with Crippen molar-refractivity contribution >= 4 is 15.9 Å². The molecule has 1 saturated heterocycles. The van der Waals surface area contributed by atoms with Gasteiger partial charge in [0.15, 0.2) is 0 Å². The van der Waals surface area contributed by atoms with E-state index in [1.807, 2.05) is 0 Å². The molecule has 0 spiro atoms. The minimum absolute atomic E-state index is 0.0523. The molecule has 10 heavy (non-hydrogen) atoms. The van der Waals surface area contributed by atoms with Crippen LogP contribution in [0.1, 0.15) is 6.92 Å². The second kappa shape index (κ2) is 3.03. The lowest BCUT2D eigenvalue weighted by atomic mass is 10.0. The van der Waals surface area contributed by atoms with Crippen molar-refractivity contribution in [1.82, 2.24) is 5.32 Å². The van der Waals surface area contributed by atoms with E-state index in [2.05, 4.69) is 34.7 Å². The van der Waals surface area contributed by atoms with Crippen molar-refractivity contribution in [2.75, 3.05) is 19.7 Å². The summed E-state index contributed by atoms with van der Waals surface area (Å²) in [5.74, 6) is 0. The zero-order valence-corrected chi connectivity index (χ0v) is 7.70. The normalized spacial score (nSPS) is 21.8. The van der Waals surface area contributed by atoms with Crippen LogP contribution in [0.15, 0.2) is 11.1 Å².